The van der Waals surface area contributed by atoms with Gasteiger partial charge in [-0.1, -0.05) is 37.6 Å². The fraction of sp³-hybridized carbons (Fsp3) is 0.400. The van der Waals surface area contributed by atoms with Gasteiger partial charge in [-0.25, -0.2) is 4.79 Å². The van der Waals surface area contributed by atoms with Crippen LogP contribution in [-0.2, 0) is 14.3 Å². The molecule has 0 spiro atoms. The highest BCUT2D eigenvalue weighted by Crippen LogP contribution is 2.15. The monoisotopic (exact) mass is 326 g/mol. The number of likely N-dealkylation sites (N-methyl/N-ethyl adjacent to an activating group) is 1. The maximum Gasteiger partial charge on any atom is 0.329 e. The van der Waals surface area contributed by atoms with Crippen LogP contribution in [-0.4, -0.2) is 37.5 Å². The van der Waals surface area contributed by atoms with E-state index in [9.17, 15) is 14.4 Å². The first kappa shape index (κ1) is 18.0. The molecule has 1 aromatic carbocycles. The van der Waals surface area contributed by atoms with Crippen molar-refractivity contribution in [1.29, 1.82) is 0 Å². The lowest BCUT2D eigenvalue weighted by Gasteiger charge is -2.21. The van der Waals surface area contributed by atoms with Crippen molar-refractivity contribution in [2.75, 3.05) is 13.7 Å². The molecule has 0 unspecified atom stereocenters. The van der Waals surface area contributed by atoms with E-state index < -0.39 is 23.8 Å². The summed E-state index contributed by atoms with van der Waals surface area (Å²) in [6.07, 6.45) is 0. The minimum atomic E-state index is -0.867. The van der Waals surface area contributed by atoms with Crippen LogP contribution in [0.1, 0.15) is 24.2 Å². The quantitative estimate of drug-likeness (QED) is 0.774. The number of ether oxygens (including phenoxy) is 1. The van der Waals surface area contributed by atoms with Gasteiger partial charge < -0.3 is 15.4 Å². The van der Waals surface area contributed by atoms with Gasteiger partial charge in [-0.15, -0.1) is 0 Å². The van der Waals surface area contributed by atoms with Crippen molar-refractivity contribution < 1.29 is 19.1 Å². The largest absolute Gasteiger partial charge is 0.454 e. The van der Waals surface area contributed by atoms with Crippen molar-refractivity contribution in [2.24, 2.45) is 5.92 Å². The van der Waals surface area contributed by atoms with Gasteiger partial charge in [0.15, 0.2) is 6.61 Å². The molecule has 0 aliphatic carbocycles. The highest BCUT2D eigenvalue weighted by atomic mass is 35.5. The summed E-state index contributed by atoms with van der Waals surface area (Å²) >= 11 is 5.95. The maximum absolute atomic E-state index is 12.2. The van der Waals surface area contributed by atoms with Crippen LogP contribution in [0.2, 0.25) is 5.02 Å². The molecule has 0 saturated heterocycles. The minimum Gasteiger partial charge on any atom is -0.454 e. The number of esters is 1. The molecule has 0 aromatic heterocycles. The van der Waals surface area contributed by atoms with Gasteiger partial charge in [0.1, 0.15) is 6.04 Å². The molecule has 6 nitrogen and oxygen atoms in total. The lowest BCUT2D eigenvalue weighted by atomic mass is 10.0. The van der Waals surface area contributed by atoms with Crippen molar-refractivity contribution in [2.45, 2.75) is 19.9 Å². The molecule has 0 fully saturated rings. The van der Waals surface area contributed by atoms with E-state index in [1.807, 2.05) is 0 Å². The number of benzene rings is 1. The molecule has 2 amide bonds. The number of carbonyl (C=O) groups is 3. The molecule has 0 aliphatic heterocycles. The van der Waals surface area contributed by atoms with Gasteiger partial charge in [-0.05, 0) is 18.1 Å². The van der Waals surface area contributed by atoms with Crippen LogP contribution in [0.15, 0.2) is 24.3 Å². The van der Waals surface area contributed by atoms with Crippen LogP contribution in [0, 0.1) is 5.92 Å². The smallest absolute Gasteiger partial charge is 0.329 e. The second kappa shape index (κ2) is 8.38. The first-order chi connectivity index (χ1) is 10.4. The zero-order chi connectivity index (χ0) is 16.7. The van der Waals surface area contributed by atoms with Gasteiger partial charge >= 0.3 is 5.97 Å². The highest BCUT2D eigenvalue weighted by Gasteiger charge is 2.27. The summed E-state index contributed by atoms with van der Waals surface area (Å²) in [6, 6.07) is 5.66. The average molecular weight is 327 g/mol. The second-order valence-electron chi connectivity index (χ2n) is 4.96. The predicted molar refractivity (Wildman–Crippen MR) is 82.6 cm³/mol. The van der Waals surface area contributed by atoms with E-state index in [2.05, 4.69) is 10.6 Å². The summed E-state index contributed by atoms with van der Waals surface area (Å²) < 4.78 is 4.89. The number of hydrogen-bond donors (Lipinski definition) is 2. The summed E-state index contributed by atoms with van der Waals surface area (Å²) in [5.74, 6) is -1.77. The van der Waals surface area contributed by atoms with Crippen molar-refractivity contribution >= 4 is 29.4 Å². The van der Waals surface area contributed by atoms with Crippen molar-refractivity contribution in [3.63, 3.8) is 0 Å². The normalized spacial score (nSPS) is 11.7. The Labute approximate surface area is 134 Å². The third kappa shape index (κ3) is 5.04. The number of carbonyl (C=O) groups excluding carboxylic acids is 3. The Balaban J connectivity index is 2.76. The van der Waals surface area contributed by atoms with E-state index in [1.54, 1.807) is 38.1 Å². The zero-order valence-corrected chi connectivity index (χ0v) is 13.4. The third-order valence-corrected chi connectivity index (χ3v) is 3.28. The number of halogens is 1. The van der Waals surface area contributed by atoms with Crippen molar-refractivity contribution in [3.8, 4) is 0 Å². The fourth-order valence-corrected chi connectivity index (χ4v) is 1.88. The van der Waals surface area contributed by atoms with E-state index in [4.69, 9.17) is 16.3 Å². The Morgan fingerprint density at radius 1 is 1.23 bits per heavy atom. The van der Waals surface area contributed by atoms with Crippen molar-refractivity contribution in [1.82, 2.24) is 10.6 Å². The zero-order valence-electron chi connectivity index (χ0n) is 12.7. The summed E-state index contributed by atoms with van der Waals surface area (Å²) in [4.78, 5) is 35.3. The van der Waals surface area contributed by atoms with Crippen LogP contribution in [0.4, 0.5) is 0 Å². The number of hydrogen-bond acceptors (Lipinski definition) is 4. The maximum atomic E-state index is 12.2. The van der Waals surface area contributed by atoms with Gasteiger partial charge in [0.05, 0.1) is 10.6 Å². The summed E-state index contributed by atoms with van der Waals surface area (Å²) in [7, 11) is 1.44. The molecule has 120 valence electrons. The average Bonchev–Trinajstić information content (AvgIpc) is 2.49. The summed E-state index contributed by atoms with van der Waals surface area (Å²) in [5.41, 5.74) is 0.272. The highest BCUT2D eigenvalue weighted by molar-refractivity contribution is 6.33. The third-order valence-electron chi connectivity index (χ3n) is 2.95. The molecule has 1 rings (SSSR count). The lowest BCUT2D eigenvalue weighted by molar-refractivity contribution is -0.151. The molecule has 0 bridgehead atoms. The predicted octanol–water partition coefficient (Wildman–Crippen LogP) is 1.38. The molecule has 2 N–H and O–H groups in total. The number of rotatable bonds is 6. The molecule has 7 heteroatoms. The lowest BCUT2D eigenvalue weighted by Crippen LogP contribution is -2.46. The molecule has 22 heavy (non-hydrogen) atoms. The molecule has 1 atom stereocenters. The van der Waals surface area contributed by atoms with E-state index in [0.717, 1.165) is 0 Å². The molecular weight excluding hydrogens is 308 g/mol. The Bertz CT molecular complexity index is 560. The van der Waals surface area contributed by atoms with E-state index in [-0.39, 0.29) is 18.1 Å². The second-order valence-corrected chi connectivity index (χ2v) is 5.36. The fourth-order valence-electron chi connectivity index (χ4n) is 1.66. The molecule has 0 saturated carbocycles. The van der Waals surface area contributed by atoms with Crippen LogP contribution in [0.3, 0.4) is 0 Å². The molecule has 1 aromatic rings. The molecule has 0 radical (unpaired) electrons. The first-order valence-electron chi connectivity index (χ1n) is 6.79. The van der Waals surface area contributed by atoms with Gasteiger partial charge in [0.2, 0.25) is 0 Å². The van der Waals surface area contributed by atoms with Gasteiger partial charge in [0, 0.05) is 7.05 Å². The molecular formula is C15H19ClN2O4. The van der Waals surface area contributed by atoms with E-state index in [1.165, 1.54) is 7.05 Å². The summed E-state index contributed by atoms with van der Waals surface area (Å²) in [6.45, 7) is 3.14. The first-order valence-corrected chi connectivity index (χ1v) is 7.17. The Morgan fingerprint density at radius 3 is 2.41 bits per heavy atom. The van der Waals surface area contributed by atoms with Gasteiger partial charge in [-0.2, -0.15) is 0 Å². The van der Waals surface area contributed by atoms with Crippen LogP contribution in [0.5, 0.6) is 0 Å². The van der Waals surface area contributed by atoms with E-state index in [0.29, 0.717) is 5.02 Å². The molecule has 0 heterocycles. The minimum absolute atomic E-state index is 0.205. The van der Waals surface area contributed by atoms with Gasteiger partial charge in [0.25, 0.3) is 11.8 Å². The van der Waals surface area contributed by atoms with Crippen LogP contribution < -0.4 is 10.6 Å². The SMILES string of the molecule is CNC(=O)COC(=O)[C@@H](NC(=O)c1ccccc1Cl)C(C)C. The Hall–Kier alpha value is -2.08. The Kier molecular flexibility index (Phi) is 6.85. The van der Waals surface area contributed by atoms with Crippen LogP contribution in [0.25, 0.3) is 0 Å². The topological polar surface area (TPSA) is 84.5 Å². The standard InChI is InChI=1S/C15H19ClN2O4/c1-9(2)13(15(21)22-8-12(19)17-3)18-14(20)10-6-4-5-7-11(10)16/h4-7,9,13H,8H2,1-3H3,(H,17,19)(H,18,20)/t13-/m0/s1. The number of amides is 2. The number of nitrogens with one attached hydrogen (secondary N) is 2. The van der Waals surface area contributed by atoms with Crippen LogP contribution >= 0.6 is 11.6 Å². The Morgan fingerprint density at radius 2 is 1.86 bits per heavy atom. The van der Waals surface area contributed by atoms with E-state index >= 15 is 0 Å². The van der Waals surface area contributed by atoms with Gasteiger partial charge in [-0.3, -0.25) is 9.59 Å². The van der Waals surface area contributed by atoms with Crippen molar-refractivity contribution in [3.05, 3.63) is 34.9 Å². The molecule has 0 aliphatic rings. The summed E-state index contributed by atoms with van der Waals surface area (Å²) in [5, 5.41) is 5.22.